The number of benzene rings is 1. The van der Waals surface area contributed by atoms with E-state index in [0.717, 1.165) is 5.56 Å². The van der Waals surface area contributed by atoms with Gasteiger partial charge in [0.2, 0.25) is 0 Å². The van der Waals surface area contributed by atoms with Crippen molar-refractivity contribution in [3.63, 3.8) is 0 Å². The topological polar surface area (TPSA) is 78.9 Å². The molecule has 1 aromatic rings. The summed E-state index contributed by atoms with van der Waals surface area (Å²) in [4.78, 5) is 36.3. The molecule has 0 saturated heterocycles. The van der Waals surface area contributed by atoms with Crippen LogP contribution in [0.2, 0.25) is 0 Å². The molecule has 1 aromatic carbocycles. The number of carbonyl (C=O) groups excluding carboxylic acids is 3. The van der Waals surface area contributed by atoms with Crippen LogP contribution in [0.25, 0.3) is 6.08 Å². The van der Waals surface area contributed by atoms with Gasteiger partial charge in [-0.1, -0.05) is 54.6 Å². The van der Waals surface area contributed by atoms with E-state index in [-0.39, 0.29) is 32.7 Å². The predicted octanol–water partition coefficient (Wildman–Crippen LogP) is 3.71. The lowest BCUT2D eigenvalue weighted by atomic mass is 9.80. The molecule has 0 N–H and O–H groups in total. The lowest BCUT2D eigenvalue weighted by Gasteiger charge is -2.27. The minimum absolute atomic E-state index is 0.0664. The van der Waals surface area contributed by atoms with Crippen molar-refractivity contribution < 1.29 is 28.6 Å². The first-order valence-electron chi connectivity index (χ1n) is 9.30. The molecule has 0 radical (unpaired) electrons. The highest BCUT2D eigenvalue weighted by molar-refractivity contribution is 6.00. The summed E-state index contributed by atoms with van der Waals surface area (Å²) < 4.78 is 15.2. The molecule has 0 bridgehead atoms. The van der Waals surface area contributed by atoms with Gasteiger partial charge in [-0.3, -0.25) is 14.4 Å². The van der Waals surface area contributed by atoms with Gasteiger partial charge in [0, 0.05) is 6.92 Å². The second-order valence-electron chi connectivity index (χ2n) is 6.02. The maximum absolute atomic E-state index is 12.7. The van der Waals surface area contributed by atoms with Crippen LogP contribution in [-0.4, -0.2) is 37.7 Å². The van der Waals surface area contributed by atoms with Crippen molar-refractivity contribution in [3.05, 3.63) is 54.1 Å². The molecule has 1 rings (SSSR count). The lowest BCUT2D eigenvalue weighted by Crippen LogP contribution is -2.41. The fourth-order valence-corrected chi connectivity index (χ4v) is 2.52. The minimum atomic E-state index is -1.50. The molecule has 0 aliphatic heterocycles. The number of ether oxygens (including phenoxy) is 3. The first-order valence-corrected chi connectivity index (χ1v) is 9.30. The molecule has 0 aliphatic rings. The van der Waals surface area contributed by atoms with Gasteiger partial charge in [0.05, 0.1) is 13.2 Å². The molecule has 6 heteroatoms. The molecule has 0 aromatic heterocycles. The second-order valence-corrected chi connectivity index (χ2v) is 6.02. The Bertz CT molecular complexity index is 672. The van der Waals surface area contributed by atoms with Gasteiger partial charge in [-0.15, -0.1) is 0 Å². The average Bonchev–Trinajstić information content (AvgIpc) is 2.67. The van der Waals surface area contributed by atoms with Crippen LogP contribution in [0.15, 0.2) is 48.6 Å². The number of hydrogen-bond acceptors (Lipinski definition) is 6. The third-order valence-corrected chi connectivity index (χ3v) is 3.92. The third kappa shape index (κ3) is 7.39. The van der Waals surface area contributed by atoms with E-state index in [1.54, 1.807) is 32.1 Å². The van der Waals surface area contributed by atoms with E-state index in [0.29, 0.717) is 0 Å². The number of carbonyl (C=O) groups is 3. The summed E-state index contributed by atoms with van der Waals surface area (Å²) in [7, 11) is 0. The second kappa shape index (κ2) is 12.5. The fourth-order valence-electron chi connectivity index (χ4n) is 2.52. The first kappa shape index (κ1) is 23.1. The maximum atomic E-state index is 12.7. The molecule has 0 amide bonds. The molecule has 0 saturated carbocycles. The standard InChI is InChI=1S/C22H28O6/c1-4-26-20(24)22(21(25)27-5-2,15-9-10-17-28-18(3)23)16-11-14-19-12-7-6-8-13-19/h6-14H,4-5,15-17H2,1-3H3/b10-9+,14-11+. The molecule has 0 heterocycles. The summed E-state index contributed by atoms with van der Waals surface area (Å²) in [6, 6.07) is 9.56. The van der Waals surface area contributed by atoms with E-state index in [1.807, 2.05) is 36.4 Å². The van der Waals surface area contributed by atoms with Crippen LogP contribution >= 0.6 is 0 Å². The molecule has 28 heavy (non-hydrogen) atoms. The number of allylic oxidation sites excluding steroid dienone is 2. The van der Waals surface area contributed by atoms with Gasteiger partial charge in [0.15, 0.2) is 5.41 Å². The Kier molecular flexibility index (Phi) is 10.3. The van der Waals surface area contributed by atoms with Crippen LogP contribution in [0.4, 0.5) is 0 Å². The highest BCUT2D eigenvalue weighted by Gasteiger charge is 2.47. The van der Waals surface area contributed by atoms with E-state index in [1.165, 1.54) is 6.92 Å². The monoisotopic (exact) mass is 388 g/mol. The Labute approximate surface area is 166 Å². The quantitative estimate of drug-likeness (QED) is 0.249. The first-order chi connectivity index (χ1) is 13.5. The van der Waals surface area contributed by atoms with Crippen LogP contribution in [0, 0.1) is 5.41 Å². The zero-order valence-electron chi connectivity index (χ0n) is 16.7. The molecule has 0 spiro atoms. The Hall–Kier alpha value is -2.89. The zero-order chi connectivity index (χ0) is 20.8. The highest BCUT2D eigenvalue weighted by Crippen LogP contribution is 2.32. The van der Waals surface area contributed by atoms with Crippen molar-refractivity contribution in [2.45, 2.75) is 33.6 Å². The van der Waals surface area contributed by atoms with Gasteiger partial charge in [-0.2, -0.15) is 0 Å². The zero-order valence-corrected chi connectivity index (χ0v) is 16.7. The summed E-state index contributed by atoms with van der Waals surface area (Å²) in [6.45, 7) is 5.05. The van der Waals surface area contributed by atoms with Gasteiger partial charge >= 0.3 is 17.9 Å². The van der Waals surface area contributed by atoms with E-state index in [2.05, 4.69) is 0 Å². The van der Waals surface area contributed by atoms with E-state index >= 15 is 0 Å². The number of rotatable bonds is 11. The average molecular weight is 388 g/mol. The number of hydrogen-bond donors (Lipinski definition) is 0. The Morgan fingerprint density at radius 2 is 1.43 bits per heavy atom. The predicted molar refractivity (Wildman–Crippen MR) is 106 cm³/mol. The van der Waals surface area contributed by atoms with Gasteiger partial charge in [-0.25, -0.2) is 0 Å². The van der Waals surface area contributed by atoms with Gasteiger partial charge < -0.3 is 14.2 Å². The molecule has 0 unspecified atom stereocenters. The number of esters is 3. The van der Waals surface area contributed by atoms with Gasteiger partial charge in [-0.05, 0) is 32.3 Å². The van der Waals surface area contributed by atoms with Crippen molar-refractivity contribution in [1.82, 2.24) is 0 Å². The van der Waals surface area contributed by atoms with Crippen LogP contribution in [0.3, 0.4) is 0 Å². The Balaban J connectivity index is 3.07. The van der Waals surface area contributed by atoms with Crippen LogP contribution < -0.4 is 0 Å². The van der Waals surface area contributed by atoms with Gasteiger partial charge in [0.1, 0.15) is 6.61 Å². The van der Waals surface area contributed by atoms with Crippen molar-refractivity contribution in [2.24, 2.45) is 5.41 Å². The summed E-state index contributed by atoms with van der Waals surface area (Å²) >= 11 is 0. The largest absolute Gasteiger partial charge is 0.465 e. The Morgan fingerprint density at radius 1 is 0.857 bits per heavy atom. The molecule has 6 nitrogen and oxygen atoms in total. The van der Waals surface area contributed by atoms with Crippen LogP contribution in [-0.2, 0) is 28.6 Å². The van der Waals surface area contributed by atoms with Crippen molar-refractivity contribution in [1.29, 1.82) is 0 Å². The molecule has 0 fully saturated rings. The van der Waals surface area contributed by atoms with Crippen LogP contribution in [0.1, 0.15) is 39.2 Å². The third-order valence-electron chi connectivity index (χ3n) is 3.92. The molecule has 0 aliphatic carbocycles. The maximum Gasteiger partial charge on any atom is 0.324 e. The summed E-state index contributed by atoms with van der Waals surface area (Å²) in [6.07, 6.45) is 7.03. The SMILES string of the molecule is CCOC(=O)C(C/C=C/COC(C)=O)(C/C=C/c1ccccc1)C(=O)OCC. The smallest absolute Gasteiger partial charge is 0.324 e. The lowest BCUT2D eigenvalue weighted by molar-refractivity contribution is -0.171. The van der Waals surface area contributed by atoms with Crippen molar-refractivity contribution in [3.8, 4) is 0 Å². The van der Waals surface area contributed by atoms with E-state index in [9.17, 15) is 14.4 Å². The van der Waals surface area contributed by atoms with Crippen molar-refractivity contribution in [2.75, 3.05) is 19.8 Å². The van der Waals surface area contributed by atoms with Crippen LogP contribution in [0.5, 0.6) is 0 Å². The molecule has 152 valence electrons. The van der Waals surface area contributed by atoms with E-state index in [4.69, 9.17) is 14.2 Å². The minimum Gasteiger partial charge on any atom is -0.465 e. The van der Waals surface area contributed by atoms with E-state index < -0.39 is 23.3 Å². The van der Waals surface area contributed by atoms with Gasteiger partial charge in [0.25, 0.3) is 0 Å². The normalized spacial score (nSPS) is 11.5. The fraction of sp³-hybridized carbons (Fsp3) is 0.409. The summed E-state index contributed by atoms with van der Waals surface area (Å²) in [5.74, 6) is -1.68. The highest BCUT2D eigenvalue weighted by atomic mass is 16.6. The molecule has 0 atom stereocenters. The molecular weight excluding hydrogens is 360 g/mol. The molecular formula is C22H28O6. The van der Waals surface area contributed by atoms with Crippen molar-refractivity contribution >= 4 is 24.0 Å². The summed E-state index contributed by atoms with van der Waals surface area (Å²) in [5.41, 5.74) is -0.543. The Morgan fingerprint density at radius 3 is 1.96 bits per heavy atom. The summed E-state index contributed by atoms with van der Waals surface area (Å²) in [5, 5.41) is 0.